The molecule has 0 bridgehead atoms. The summed E-state index contributed by atoms with van der Waals surface area (Å²) in [6.07, 6.45) is 3.05. The Morgan fingerprint density at radius 3 is 2.00 bits per heavy atom. The Morgan fingerprint density at radius 2 is 1.54 bits per heavy atom. The molecule has 144 valence electrons. The molecule has 1 aliphatic rings. The quantitative estimate of drug-likeness (QED) is 0.722. The van der Waals surface area contributed by atoms with Crippen LogP contribution >= 0.6 is 0 Å². The minimum atomic E-state index is -0.616. The van der Waals surface area contributed by atoms with Crippen LogP contribution in [-0.4, -0.2) is 56.8 Å². The molecule has 0 spiro atoms. The lowest BCUT2D eigenvalue weighted by Crippen LogP contribution is -2.49. The summed E-state index contributed by atoms with van der Waals surface area (Å²) in [6, 6.07) is 3.32. The summed E-state index contributed by atoms with van der Waals surface area (Å²) in [5, 5.41) is 0. The number of carbonyl (C=O) groups is 2. The first kappa shape index (κ1) is 19.9. The summed E-state index contributed by atoms with van der Waals surface area (Å²) in [5.41, 5.74) is 0.229. The lowest BCUT2D eigenvalue weighted by atomic mass is 9.97. The zero-order chi connectivity index (χ0) is 19.3. The van der Waals surface area contributed by atoms with Crippen LogP contribution < -0.4 is 14.2 Å². The Labute approximate surface area is 154 Å². The molecule has 26 heavy (non-hydrogen) atoms. The number of methoxy groups -OCH3 is 3. The number of hydrogen-bond donors (Lipinski definition) is 0. The molecule has 0 saturated carbocycles. The van der Waals surface area contributed by atoms with Crippen molar-refractivity contribution < 1.29 is 28.5 Å². The van der Waals surface area contributed by atoms with Crippen LogP contribution in [-0.2, 0) is 9.53 Å². The number of carbonyl (C=O) groups excluding carboxylic acids is 2. The fourth-order valence-corrected chi connectivity index (χ4v) is 3.40. The molecular weight excluding hydrogens is 338 g/mol. The van der Waals surface area contributed by atoms with Gasteiger partial charge in [0.15, 0.2) is 18.1 Å². The van der Waals surface area contributed by atoms with Gasteiger partial charge in [-0.3, -0.25) is 4.79 Å². The highest BCUT2D eigenvalue weighted by atomic mass is 16.5. The number of rotatable bonds is 6. The Morgan fingerprint density at radius 1 is 1.00 bits per heavy atom. The first-order valence-electron chi connectivity index (χ1n) is 8.71. The van der Waals surface area contributed by atoms with Gasteiger partial charge in [0.1, 0.15) is 0 Å². The van der Waals surface area contributed by atoms with E-state index in [-0.39, 0.29) is 30.2 Å². The third kappa shape index (κ3) is 4.20. The molecule has 7 heteroatoms. The molecule has 7 nitrogen and oxygen atoms in total. The molecule has 1 aromatic carbocycles. The van der Waals surface area contributed by atoms with Gasteiger partial charge < -0.3 is 23.8 Å². The monoisotopic (exact) mass is 365 g/mol. The Balaban J connectivity index is 2.09. The molecule has 0 aliphatic carbocycles. The molecule has 1 aliphatic heterocycles. The first-order chi connectivity index (χ1) is 12.4. The second-order valence-corrected chi connectivity index (χ2v) is 6.42. The van der Waals surface area contributed by atoms with Crippen LogP contribution in [0.15, 0.2) is 12.1 Å². The molecule has 1 aromatic rings. The van der Waals surface area contributed by atoms with E-state index in [4.69, 9.17) is 18.9 Å². The minimum Gasteiger partial charge on any atom is -0.493 e. The molecule has 2 rings (SSSR count). The topological polar surface area (TPSA) is 74.3 Å². The number of hydrogen-bond acceptors (Lipinski definition) is 6. The zero-order valence-electron chi connectivity index (χ0n) is 16.0. The average Bonchev–Trinajstić information content (AvgIpc) is 2.64. The van der Waals surface area contributed by atoms with Gasteiger partial charge in [0.2, 0.25) is 5.75 Å². The maximum absolute atomic E-state index is 12.5. The van der Waals surface area contributed by atoms with Crippen molar-refractivity contribution in [2.75, 3.05) is 27.9 Å². The molecule has 0 aromatic heterocycles. The second kappa shape index (κ2) is 8.78. The second-order valence-electron chi connectivity index (χ2n) is 6.42. The first-order valence-corrected chi connectivity index (χ1v) is 8.71. The van der Waals surface area contributed by atoms with Crippen molar-refractivity contribution in [2.24, 2.45) is 0 Å². The number of benzene rings is 1. The number of likely N-dealkylation sites (tertiary alicyclic amines) is 1. The maximum Gasteiger partial charge on any atom is 0.338 e. The van der Waals surface area contributed by atoms with Crippen LogP contribution in [0.3, 0.4) is 0 Å². The predicted octanol–water partition coefficient (Wildman–Crippen LogP) is 2.66. The van der Waals surface area contributed by atoms with E-state index in [0.29, 0.717) is 17.2 Å². The van der Waals surface area contributed by atoms with Gasteiger partial charge in [-0.1, -0.05) is 0 Å². The fourth-order valence-electron chi connectivity index (χ4n) is 3.40. The normalized spacial score (nSPS) is 19.7. The number of ether oxygens (including phenoxy) is 4. The standard InChI is InChI=1S/C19H27NO6/c1-12-7-6-8-13(2)20(12)17(21)11-26-19(22)14-9-15(23-3)18(25-5)16(10-14)24-4/h9-10,12-13H,6-8,11H2,1-5H3/t12-,13+. The number of piperidine rings is 1. The van der Waals surface area contributed by atoms with E-state index in [0.717, 1.165) is 19.3 Å². The number of esters is 1. The van der Waals surface area contributed by atoms with Crippen molar-refractivity contribution in [2.45, 2.75) is 45.2 Å². The van der Waals surface area contributed by atoms with Crippen molar-refractivity contribution in [3.05, 3.63) is 17.7 Å². The Hall–Kier alpha value is -2.44. The SMILES string of the molecule is COc1cc(C(=O)OCC(=O)N2[C@H](C)CCC[C@@H]2C)cc(OC)c1OC. The highest BCUT2D eigenvalue weighted by Gasteiger charge is 2.29. The van der Waals surface area contributed by atoms with Crippen molar-refractivity contribution in [1.29, 1.82) is 0 Å². The molecule has 1 heterocycles. The average molecular weight is 365 g/mol. The van der Waals surface area contributed by atoms with E-state index < -0.39 is 5.97 Å². The Kier molecular flexibility index (Phi) is 6.71. The summed E-state index contributed by atoms with van der Waals surface area (Å²) in [5.74, 6) is 0.297. The molecule has 0 radical (unpaired) electrons. The molecule has 0 unspecified atom stereocenters. The number of nitrogens with zero attached hydrogens (tertiary/aromatic N) is 1. The lowest BCUT2D eigenvalue weighted by molar-refractivity contribution is -0.140. The fraction of sp³-hybridized carbons (Fsp3) is 0.579. The lowest BCUT2D eigenvalue weighted by Gasteiger charge is -2.38. The van der Waals surface area contributed by atoms with Crippen molar-refractivity contribution in [1.82, 2.24) is 4.90 Å². The van der Waals surface area contributed by atoms with Crippen molar-refractivity contribution >= 4 is 11.9 Å². The van der Waals surface area contributed by atoms with Gasteiger partial charge >= 0.3 is 5.97 Å². The molecule has 0 N–H and O–H groups in total. The smallest absolute Gasteiger partial charge is 0.338 e. The van der Waals surface area contributed by atoms with Gasteiger partial charge in [0.05, 0.1) is 26.9 Å². The van der Waals surface area contributed by atoms with E-state index in [2.05, 4.69) is 0 Å². The zero-order valence-corrected chi connectivity index (χ0v) is 16.0. The van der Waals surface area contributed by atoms with Gasteiger partial charge in [0.25, 0.3) is 5.91 Å². The Bertz CT molecular complexity index is 624. The summed E-state index contributed by atoms with van der Waals surface area (Å²) in [6.45, 7) is 3.76. The van der Waals surface area contributed by atoms with Crippen LogP contribution in [0.1, 0.15) is 43.5 Å². The maximum atomic E-state index is 12.5. The van der Waals surface area contributed by atoms with Crippen LogP contribution in [0.25, 0.3) is 0 Å². The van der Waals surface area contributed by atoms with Crippen molar-refractivity contribution in [3.8, 4) is 17.2 Å². The molecule has 1 amide bonds. The third-order valence-corrected chi connectivity index (χ3v) is 4.71. The summed E-state index contributed by atoms with van der Waals surface area (Å²) >= 11 is 0. The highest BCUT2D eigenvalue weighted by molar-refractivity contribution is 5.93. The minimum absolute atomic E-state index is 0.158. The van der Waals surface area contributed by atoms with E-state index in [9.17, 15) is 9.59 Å². The molecule has 2 atom stereocenters. The van der Waals surface area contributed by atoms with Crippen LogP contribution in [0.4, 0.5) is 0 Å². The van der Waals surface area contributed by atoms with E-state index >= 15 is 0 Å². The van der Waals surface area contributed by atoms with Crippen LogP contribution in [0.2, 0.25) is 0 Å². The van der Waals surface area contributed by atoms with E-state index in [1.165, 1.54) is 33.5 Å². The highest BCUT2D eigenvalue weighted by Crippen LogP contribution is 2.38. The van der Waals surface area contributed by atoms with Crippen LogP contribution in [0.5, 0.6) is 17.2 Å². The molecule has 1 fully saturated rings. The number of amides is 1. The molecular formula is C19H27NO6. The largest absolute Gasteiger partial charge is 0.493 e. The summed E-state index contributed by atoms with van der Waals surface area (Å²) in [4.78, 5) is 26.7. The van der Waals surface area contributed by atoms with Crippen molar-refractivity contribution in [3.63, 3.8) is 0 Å². The van der Waals surface area contributed by atoms with Gasteiger partial charge in [-0.2, -0.15) is 0 Å². The van der Waals surface area contributed by atoms with Gasteiger partial charge in [0, 0.05) is 12.1 Å². The third-order valence-electron chi connectivity index (χ3n) is 4.71. The van der Waals surface area contributed by atoms with Gasteiger partial charge in [-0.05, 0) is 45.2 Å². The summed E-state index contributed by atoms with van der Waals surface area (Å²) < 4.78 is 20.9. The predicted molar refractivity (Wildman–Crippen MR) is 96.0 cm³/mol. The van der Waals surface area contributed by atoms with Crippen LogP contribution in [0, 0.1) is 0 Å². The van der Waals surface area contributed by atoms with Gasteiger partial charge in [-0.25, -0.2) is 4.79 Å². The van der Waals surface area contributed by atoms with E-state index in [1.54, 1.807) is 0 Å². The van der Waals surface area contributed by atoms with E-state index in [1.807, 2.05) is 18.7 Å². The summed E-state index contributed by atoms with van der Waals surface area (Å²) in [7, 11) is 4.42. The molecule has 1 saturated heterocycles. The van der Waals surface area contributed by atoms with Gasteiger partial charge in [-0.15, -0.1) is 0 Å².